The summed E-state index contributed by atoms with van der Waals surface area (Å²) in [7, 11) is 1.71. The molecule has 1 unspecified atom stereocenters. The second-order valence-electron chi connectivity index (χ2n) is 9.04. The van der Waals surface area contributed by atoms with Crippen molar-refractivity contribution in [3.63, 3.8) is 0 Å². The molecule has 0 rings (SSSR count). The Morgan fingerprint density at radius 2 is 1.67 bits per heavy atom. The number of carboxylic acid groups (broad SMARTS) is 2. The Hall–Kier alpha value is -1.49. The van der Waals surface area contributed by atoms with Crippen LogP contribution in [-0.2, 0) is 19.2 Å². The molecule has 0 saturated carbocycles. The van der Waals surface area contributed by atoms with Crippen LogP contribution in [-0.4, -0.2) is 57.9 Å². The molecule has 0 aliphatic carbocycles. The van der Waals surface area contributed by atoms with E-state index < -0.39 is 30.3 Å². The van der Waals surface area contributed by atoms with E-state index in [0.29, 0.717) is 5.57 Å². The van der Waals surface area contributed by atoms with Gasteiger partial charge in [0.1, 0.15) is 6.04 Å². The third-order valence-electron chi connectivity index (χ3n) is 5.05. The largest absolute Gasteiger partial charge is 0.481 e. The Balaban J connectivity index is 5.42. The third-order valence-corrected chi connectivity index (χ3v) is 5.67. The quantitative estimate of drug-likeness (QED) is 0.198. The number of amides is 1. The topological polar surface area (TPSA) is 124 Å². The predicted octanol–water partition coefficient (Wildman–Crippen LogP) is 3.29. The summed E-state index contributed by atoms with van der Waals surface area (Å²) < 4.78 is 3.04. The van der Waals surface area contributed by atoms with Crippen LogP contribution in [0.15, 0.2) is 11.6 Å². The molecule has 0 aliphatic rings. The molecular formula is C21H35IN2O6. The van der Waals surface area contributed by atoms with Crippen molar-refractivity contribution >= 4 is 46.5 Å². The molecular weight excluding hydrogens is 503 g/mol. The van der Waals surface area contributed by atoms with Gasteiger partial charge in [0, 0.05) is 36.3 Å². The Bertz CT molecular complexity index is 669. The van der Waals surface area contributed by atoms with E-state index >= 15 is 0 Å². The van der Waals surface area contributed by atoms with Gasteiger partial charge in [-0.3, -0.25) is 19.2 Å². The van der Waals surface area contributed by atoms with E-state index in [1.54, 1.807) is 24.9 Å². The monoisotopic (exact) mass is 538 g/mol. The molecule has 9 heteroatoms. The van der Waals surface area contributed by atoms with E-state index in [1.165, 1.54) is 0 Å². The number of aliphatic carboxylic acids is 2. The molecule has 0 radical (unpaired) electrons. The lowest BCUT2D eigenvalue weighted by molar-refractivity contribution is -0.148. The molecule has 0 heterocycles. The van der Waals surface area contributed by atoms with Gasteiger partial charge in [0.2, 0.25) is 5.91 Å². The molecule has 8 nitrogen and oxygen atoms in total. The first-order chi connectivity index (χ1) is 13.6. The van der Waals surface area contributed by atoms with Crippen LogP contribution in [0.4, 0.5) is 0 Å². The van der Waals surface area contributed by atoms with Crippen LogP contribution in [0, 0.1) is 17.3 Å². The molecule has 3 N–H and O–H groups in total. The fraction of sp³-hybridized carbons (Fsp3) is 0.714. The molecule has 1 amide bonds. The molecule has 0 aromatic rings. The Morgan fingerprint density at radius 1 is 1.13 bits per heavy atom. The number of likely N-dealkylation sites (N-methyl/N-ethyl adjacent to an activating group) is 1. The minimum Gasteiger partial charge on any atom is -0.481 e. The van der Waals surface area contributed by atoms with Gasteiger partial charge < -0.3 is 15.1 Å². The number of nitrogens with zero attached hydrogens (tertiary/aromatic N) is 1. The van der Waals surface area contributed by atoms with Gasteiger partial charge in [0.15, 0.2) is 5.78 Å². The van der Waals surface area contributed by atoms with Crippen LogP contribution < -0.4 is 3.53 Å². The molecule has 0 aliphatic heterocycles. The number of rotatable bonds is 12. The predicted molar refractivity (Wildman–Crippen MR) is 123 cm³/mol. The smallest absolute Gasteiger partial charge is 0.307 e. The maximum atomic E-state index is 13.0. The van der Waals surface area contributed by atoms with Gasteiger partial charge in [0.25, 0.3) is 0 Å². The third kappa shape index (κ3) is 9.11. The summed E-state index contributed by atoms with van der Waals surface area (Å²) in [5, 5.41) is 17.9. The fourth-order valence-corrected chi connectivity index (χ4v) is 4.26. The number of hydrogen-bond acceptors (Lipinski definition) is 5. The highest BCUT2D eigenvalue weighted by Gasteiger charge is 2.35. The van der Waals surface area contributed by atoms with Gasteiger partial charge in [-0.05, 0) is 30.3 Å². The highest BCUT2D eigenvalue weighted by molar-refractivity contribution is 14.1. The highest BCUT2D eigenvalue weighted by atomic mass is 127. The van der Waals surface area contributed by atoms with E-state index in [2.05, 4.69) is 3.53 Å². The summed E-state index contributed by atoms with van der Waals surface area (Å²) in [5.74, 6) is -3.82. The van der Waals surface area contributed by atoms with Gasteiger partial charge >= 0.3 is 11.9 Å². The van der Waals surface area contributed by atoms with Crippen LogP contribution in [0.25, 0.3) is 0 Å². The fourth-order valence-electron chi connectivity index (χ4n) is 3.06. The minimum absolute atomic E-state index is 0.0440. The first-order valence-corrected chi connectivity index (χ1v) is 11.0. The van der Waals surface area contributed by atoms with Crippen molar-refractivity contribution < 1.29 is 29.4 Å². The van der Waals surface area contributed by atoms with E-state index in [1.807, 2.05) is 57.5 Å². The Kier molecular flexibility index (Phi) is 11.8. The number of halogens is 1. The van der Waals surface area contributed by atoms with Crippen molar-refractivity contribution in [1.29, 1.82) is 0 Å². The van der Waals surface area contributed by atoms with Crippen molar-refractivity contribution in [2.75, 3.05) is 7.05 Å². The lowest BCUT2D eigenvalue weighted by Gasteiger charge is -2.36. The normalized spacial score (nSPS) is 15.4. The van der Waals surface area contributed by atoms with Gasteiger partial charge in [0.05, 0.1) is 18.4 Å². The lowest BCUT2D eigenvalue weighted by Crippen LogP contribution is -2.52. The van der Waals surface area contributed by atoms with Crippen LogP contribution in [0.2, 0.25) is 0 Å². The molecule has 0 saturated heterocycles. The molecule has 30 heavy (non-hydrogen) atoms. The van der Waals surface area contributed by atoms with E-state index in [9.17, 15) is 19.2 Å². The summed E-state index contributed by atoms with van der Waals surface area (Å²) in [6, 6.07) is -0.716. The summed E-state index contributed by atoms with van der Waals surface area (Å²) in [6.45, 7) is 11.5. The van der Waals surface area contributed by atoms with E-state index in [0.717, 1.165) is 0 Å². The number of allylic oxidation sites excluding steroid dienone is 1. The summed E-state index contributed by atoms with van der Waals surface area (Å²) in [5.41, 5.74) is 0.140. The summed E-state index contributed by atoms with van der Waals surface area (Å²) >= 11 is 1.97. The number of carbonyl (C=O) groups excluding carboxylic acids is 2. The average molecular weight is 538 g/mol. The molecule has 0 aromatic carbocycles. The first-order valence-electron chi connectivity index (χ1n) is 9.92. The zero-order chi connectivity index (χ0) is 23.8. The van der Waals surface area contributed by atoms with Crippen molar-refractivity contribution in [3.8, 4) is 0 Å². The molecule has 0 aromatic heterocycles. The molecule has 0 spiro atoms. The standard InChI is InChI=1S/C21H35IN2O6/c1-12(2)15(24(7)19(28)18(23-22)21(4,5)6)10-13(3)16(25)9-8-14(20(29)30)11-17(26)27/h10,12,14-15,18,23H,8-9,11H2,1-7H3,(H,26,27)(H,29,30)/b13-10+/t14?,15-,18-/m1/s1. The molecule has 0 bridgehead atoms. The average Bonchev–Trinajstić information content (AvgIpc) is 2.60. The van der Waals surface area contributed by atoms with Crippen molar-refractivity contribution in [2.24, 2.45) is 17.3 Å². The second kappa shape index (κ2) is 12.4. The molecule has 0 fully saturated rings. The Labute approximate surface area is 193 Å². The van der Waals surface area contributed by atoms with Crippen molar-refractivity contribution in [3.05, 3.63) is 11.6 Å². The first kappa shape index (κ1) is 28.5. The zero-order valence-corrected chi connectivity index (χ0v) is 21.0. The van der Waals surface area contributed by atoms with Crippen LogP contribution in [0.1, 0.15) is 60.8 Å². The highest BCUT2D eigenvalue weighted by Crippen LogP contribution is 2.24. The number of nitrogens with one attached hydrogen (secondary N) is 1. The maximum absolute atomic E-state index is 13.0. The number of carboxylic acids is 2. The van der Waals surface area contributed by atoms with Gasteiger partial charge in [-0.1, -0.05) is 40.7 Å². The molecule has 172 valence electrons. The van der Waals surface area contributed by atoms with Crippen LogP contribution in [0.5, 0.6) is 0 Å². The van der Waals surface area contributed by atoms with Gasteiger partial charge in [-0.25, -0.2) is 3.53 Å². The van der Waals surface area contributed by atoms with Crippen molar-refractivity contribution in [1.82, 2.24) is 8.43 Å². The van der Waals surface area contributed by atoms with Gasteiger partial charge in [-0.15, -0.1) is 0 Å². The second-order valence-corrected chi connectivity index (χ2v) is 9.66. The molecule has 3 atom stereocenters. The Morgan fingerprint density at radius 3 is 2.03 bits per heavy atom. The number of hydrogen-bond donors (Lipinski definition) is 3. The number of ketones is 1. The number of carbonyl (C=O) groups is 4. The SMILES string of the molecule is C/C(=C\[C@H](C(C)C)N(C)C(=O)[C@@H](NI)C(C)(C)C)C(=O)CCC(CC(=O)O)C(=O)O. The lowest BCUT2D eigenvalue weighted by atomic mass is 9.86. The summed E-state index contributed by atoms with van der Waals surface area (Å²) in [6.07, 6.45) is 1.12. The van der Waals surface area contributed by atoms with Crippen molar-refractivity contribution in [2.45, 2.75) is 72.9 Å². The van der Waals surface area contributed by atoms with Crippen LogP contribution in [0.3, 0.4) is 0 Å². The number of Topliss-reactive ketones (excluding diaryl/α,β-unsaturated/α-hetero) is 1. The minimum atomic E-state index is -1.23. The van der Waals surface area contributed by atoms with E-state index in [-0.39, 0.29) is 41.9 Å². The van der Waals surface area contributed by atoms with Gasteiger partial charge in [-0.2, -0.15) is 0 Å². The van der Waals surface area contributed by atoms with Crippen LogP contribution >= 0.6 is 22.9 Å². The zero-order valence-electron chi connectivity index (χ0n) is 18.9. The maximum Gasteiger partial charge on any atom is 0.307 e. The van der Waals surface area contributed by atoms with E-state index in [4.69, 9.17) is 10.2 Å². The summed E-state index contributed by atoms with van der Waals surface area (Å²) in [4.78, 5) is 49.2.